The lowest BCUT2D eigenvalue weighted by Crippen LogP contribution is -2.00. The van der Waals surface area contributed by atoms with Crippen LogP contribution >= 0.6 is 23.2 Å². The van der Waals surface area contributed by atoms with E-state index in [1.807, 2.05) is 6.07 Å². The van der Waals surface area contributed by atoms with Crippen molar-refractivity contribution in [3.05, 3.63) is 87.4 Å². The summed E-state index contributed by atoms with van der Waals surface area (Å²) in [6.45, 7) is 0.154. The van der Waals surface area contributed by atoms with Crippen LogP contribution < -0.4 is 9.47 Å². The molecule has 0 heterocycles. The molecule has 0 radical (unpaired) electrons. The van der Waals surface area contributed by atoms with Crippen molar-refractivity contribution in [1.82, 2.24) is 0 Å². The number of methoxy groups -OCH3 is 1. The van der Waals surface area contributed by atoms with Gasteiger partial charge in [0.2, 0.25) is 0 Å². The van der Waals surface area contributed by atoms with Crippen LogP contribution in [0, 0.1) is 0 Å². The zero-order valence-electron chi connectivity index (χ0n) is 15.9. The average Bonchev–Trinajstić information content (AvgIpc) is 2.71. The normalized spacial score (nSPS) is 10.9. The lowest BCUT2D eigenvalue weighted by molar-refractivity contribution is 0.104. The second kappa shape index (κ2) is 9.57. The molecule has 154 valence electrons. The fraction of sp³-hybridized carbons (Fsp3) is 0.0870. The molecule has 7 heteroatoms. The van der Waals surface area contributed by atoms with Crippen LogP contribution in [0.5, 0.6) is 23.0 Å². The Hall–Kier alpha value is -3.15. The third kappa shape index (κ3) is 5.06. The van der Waals surface area contributed by atoms with Gasteiger partial charge in [0, 0.05) is 11.6 Å². The maximum atomic E-state index is 12.3. The Labute approximate surface area is 183 Å². The molecule has 3 aromatic carbocycles. The van der Waals surface area contributed by atoms with Crippen LogP contribution in [-0.4, -0.2) is 23.1 Å². The van der Waals surface area contributed by atoms with Gasteiger partial charge < -0.3 is 19.7 Å². The largest absolute Gasteiger partial charge is 0.508 e. The van der Waals surface area contributed by atoms with E-state index >= 15 is 0 Å². The molecular weight excluding hydrogens is 427 g/mol. The molecule has 3 rings (SSSR count). The number of para-hydroxylation sites is 1. The van der Waals surface area contributed by atoms with Crippen molar-refractivity contribution in [3.63, 3.8) is 0 Å². The molecular formula is C23H18Cl2O5. The predicted octanol–water partition coefficient (Wildman–Crippen LogP) is 5.89. The van der Waals surface area contributed by atoms with Gasteiger partial charge in [-0.15, -0.1) is 0 Å². The molecule has 0 saturated heterocycles. The molecule has 0 aliphatic heterocycles. The van der Waals surface area contributed by atoms with Gasteiger partial charge in [-0.3, -0.25) is 4.79 Å². The highest BCUT2D eigenvalue weighted by molar-refractivity contribution is 6.37. The Bertz CT molecular complexity index is 1090. The summed E-state index contributed by atoms with van der Waals surface area (Å²) >= 11 is 12.3. The summed E-state index contributed by atoms with van der Waals surface area (Å²) in [7, 11) is 1.55. The lowest BCUT2D eigenvalue weighted by atomic mass is 10.1. The molecule has 0 aliphatic carbocycles. The summed E-state index contributed by atoms with van der Waals surface area (Å²) in [5.74, 6) is 0.181. The summed E-state index contributed by atoms with van der Waals surface area (Å²) in [5.41, 5.74) is 1.55. The third-order valence-corrected chi connectivity index (χ3v) is 4.86. The molecule has 0 spiro atoms. The molecule has 0 saturated carbocycles. The Morgan fingerprint density at radius 1 is 1.03 bits per heavy atom. The Balaban J connectivity index is 1.80. The molecule has 0 atom stereocenters. The van der Waals surface area contributed by atoms with Gasteiger partial charge in [0.15, 0.2) is 11.5 Å². The van der Waals surface area contributed by atoms with Gasteiger partial charge in [0.05, 0.1) is 22.7 Å². The smallest absolute Gasteiger partial charge is 0.189 e. The van der Waals surface area contributed by atoms with E-state index in [2.05, 4.69) is 0 Å². The summed E-state index contributed by atoms with van der Waals surface area (Å²) in [5, 5.41) is 20.0. The zero-order chi connectivity index (χ0) is 21.7. The quantitative estimate of drug-likeness (QED) is 0.351. The van der Waals surface area contributed by atoms with Crippen LogP contribution in [0.1, 0.15) is 21.5 Å². The fourth-order valence-electron chi connectivity index (χ4n) is 2.78. The number of carbonyl (C=O) groups is 1. The van der Waals surface area contributed by atoms with E-state index in [0.717, 1.165) is 17.2 Å². The summed E-state index contributed by atoms with van der Waals surface area (Å²) < 4.78 is 11.2. The number of phenolic OH excluding ortho intramolecular Hbond substituents is 2. The maximum absolute atomic E-state index is 12.3. The minimum absolute atomic E-state index is 0.0921. The van der Waals surface area contributed by atoms with E-state index in [9.17, 15) is 15.0 Å². The molecule has 0 fully saturated rings. The monoisotopic (exact) mass is 444 g/mol. The van der Waals surface area contributed by atoms with Crippen molar-refractivity contribution in [2.45, 2.75) is 6.61 Å². The SMILES string of the molecule is COc1ccc(/C=C/C(=O)c2ccc(O)cc2O)cc1COc1c(Cl)cccc1Cl. The highest BCUT2D eigenvalue weighted by atomic mass is 35.5. The van der Waals surface area contributed by atoms with E-state index in [1.165, 1.54) is 18.2 Å². The van der Waals surface area contributed by atoms with Gasteiger partial charge in [-0.1, -0.05) is 41.4 Å². The molecule has 30 heavy (non-hydrogen) atoms. The van der Waals surface area contributed by atoms with Gasteiger partial charge in [0.1, 0.15) is 23.9 Å². The number of benzene rings is 3. The van der Waals surface area contributed by atoms with Crippen molar-refractivity contribution >= 4 is 35.1 Å². The Morgan fingerprint density at radius 3 is 2.43 bits per heavy atom. The molecule has 2 N–H and O–H groups in total. The number of hydrogen-bond acceptors (Lipinski definition) is 5. The number of aromatic hydroxyl groups is 2. The van der Waals surface area contributed by atoms with E-state index in [1.54, 1.807) is 43.5 Å². The molecule has 0 aromatic heterocycles. The van der Waals surface area contributed by atoms with E-state index < -0.39 is 5.78 Å². The van der Waals surface area contributed by atoms with Gasteiger partial charge in [-0.05, 0) is 48.0 Å². The third-order valence-electron chi connectivity index (χ3n) is 4.27. The summed E-state index contributed by atoms with van der Waals surface area (Å²) in [6.07, 6.45) is 2.95. The van der Waals surface area contributed by atoms with Gasteiger partial charge in [-0.25, -0.2) is 0 Å². The lowest BCUT2D eigenvalue weighted by Gasteiger charge is -2.13. The van der Waals surface area contributed by atoms with Crippen LogP contribution in [-0.2, 0) is 6.61 Å². The first-order valence-electron chi connectivity index (χ1n) is 8.87. The topological polar surface area (TPSA) is 76.0 Å². The van der Waals surface area contributed by atoms with Crippen molar-refractivity contribution in [3.8, 4) is 23.0 Å². The van der Waals surface area contributed by atoms with E-state index in [4.69, 9.17) is 32.7 Å². The average molecular weight is 445 g/mol. The summed E-state index contributed by atoms with van der Waals surface area (Å²) in [6, 6.07) is 14.3. The van der Waals surface area contributed by atoms with Gasteiger partial charge in [0.25, 0.3) is 0 Å². The zero-order valence-corrected chi connectivity index (χ0v) is 17.4. The van der Waals surface area contributed by atoms with E-state index in [-0.39, 0.29) is 23.7 Å². The first-order valence-corrected chi connectivity index (χ1v) is 9.62. The van der Waals surface area contributed by atoms with Gasteiger partial charge >= 0.3 is 0 Å². The standard InChI is InChI=1S/C23H18Cl2O5/c1-29-22-10-6-14(5-9-20(27)17-8-7-16(26)12-21(17)28)11-15(22)13-30-23-18(24)3-2-4-19(23)25/h2-12,26,28H,13H2,1H3/b9-5+. The first-order chi connectivity index (χ1) is 14.4. The molecule has 0 unspecified atom stereocenters. The maximum Gasteiger partial charge on any atom is 0.189 e. The fourth-order valence-corrected chi connectivity index (χ4v) is 3.28. The molecule has 0 aliphatic rings. The number of rotatable bonds is 7. The minimum Gasteiger partial charge on any atom is -0.508 e. The number of halogens is 2. The highest BCUT2D eigenvalue weighted by Crippen LogP contribution is 2.34. The molecule has 3 aromatic rings. The van der Waals surface area contributed by atoms with Crippen LogP contribution in [0.2, 0.25) is 10.0 Å². The van der Waals surface area contributed by atoms with Crippen molar-refractivity contribution in [2.24, 2.45) is 0 Å². The number of carbonyl (C=O) groups excluding carboxylic acids is 1. The van der Waals surface area contributed by atoms with Crippen LogP contribution in [0.3, 0.4) is 0 Å². The number of hydrogen-bond donors (Lipinski definition) is 2. The number of phenols is 2. The number of ketones is 1. The molecule has 5 nitrogen and oxygen atoms in total. The number of ether oxygens (including phenoxy) is 2. The van der Waals surface area contributed by atoms with Crippen LogP contribution in [0.25, 0.3) is 6.08 Å². The first kappa shape index (κ1) is 21.6. The Kier molecular flexibility index (Phi) is 6.87. The molecule has 0 amide bonds. The second-order valence-corrected chi connectivity index (χ2v) is 7.12. The molecule has 0 bridgehead atoms. The minimum atomic E-state index is -0.399. The van der Waals surface area contributed by atoms with Crippen molar-refractivity contribution < 1.29 is 24.5 Å². The van der Waals surface area contributed by atoms with Crippen LogP contribution in [0.15, 0.2) is 60.7 Å². The van der Waals surface area contributed by atoms with Crippen LogP contribution in [0.4, 0.5) is 0 Å². The second-order valence-electron chi connectivity index (χ2n) is 6.31. The van der Waals surface area contributed by atoms with Gasteiger partial charge in [-0.2, -0.15) is 0 Å². The number of allylic oxidation sites excluding steroid dienone is 1. The Morgan fingerprint density at radius 2 is 1.77 bits per heavy atom. The van der Waals surface area contributed by atoms with Crippen molar-refractivity contribution in [1.29, 1.82) is 0 Å². The summed E-state index contributed by atoms with van der Waals surface area (Å²) in [4.78, 5) is 12.3. The predicted molar refractivity (Wildman–Crippen MR) is 117 cm³/mol. The van der Waals surface area contributed by atoms with Crippen molar-refractivity contribution in [2.75, 3.05) is 7.11 Å². The van der Waals surface area contributed by atoms with E-state index in [0.29, 0.717) is 21.5 Å². The highest BCUT2D eigenvalue weighted by Gasteiger charge is 2.11.